The second kappa shape index (κ2) is 9.06. The van der Waals surface area contributed by atoms with Crippen LogP contribution < -0.4 is 14.2 Å². The summed E-state index contributed by atoms with van der Waals surface area (Å²) < 4.78 is 21.0. The average molecular weight is 356 g/mol. The lowest BCUT2D eigenvalue weighted by atomic mass is 10.0. The Kier molecular flexibility index (Phi) is 6.81. The summed E-state index contributed by atoms with van der Waals surface area (Å²) in [5, 5.41) is 0. The van der Waals surface area contributed by atoms with Crippen molar-refractivity contribution >= 4 is 11.9 Å². The normalized spacial score (nSPS) is 10.8. The van der Waals surface area contributed by atoms with Gasteiger partial charge in [0.25, 0.3) is 0 Å². The summed E-state index contributed by atoms with van der Waals surface area (Å²) in [6.45, 7) is 4.04. The van der Waals surface area contributed by atoms with Crippen molar-refractivity contribution in [3.05, 3.63) is 58.7 Å². The van der Waals surface area contributed by atoms with E-state index in [9.17, 15) is 4.79 Å². The van der Waals surface area contributed by atoms with Crippen LogP contribution in [0.3, 0.4) is 0 Å². The monoisotopic (exact) mass is 356 g/mol. The lowest BCUT2D eigenvalue weighted by molar-refractivity contribution is 0.0491. The summed E-state index contributed by atoms with van der Waals surface area (Å²) in [7, 11) is 4.72. The number of benzene rings is 2. The minimum Gasteiger partial charge on any atom is -0.496 e. The van der Waals surface area contributed by atoms with Crippen molar-refractivity contribution in [1.82, 2.24) is 0 Å². The number of hydrogen-bond acceptors (Lipinski definition) is 5. The van der Waals surface area contributed by atoms with Gasteiger partial charge in [-0.25, -0.2) is 0 Å². The van der Waals surface area contributed by atoms with E-state index in [-0.39, 0.29) is 12.6 Å². The van der Waals surface area contributed by atoms with Gasteiger partial charge in [0.15, 0.2) is 24.1 Å². The fourth-order valence-corrected chi connectivity index (χ4v) is 2.48. The molecule has 2 rings (SSSR count). The van der Waals surface area contributed by atoms with Gasteiger partial charge in [-0.05, 0) is 60.9 Å². The Morgan fingerprint density at radius 1 is 0.962 bits per heavy atom. The smallest absolute Gasteiger partial charge is 0.188 e. The summed E-state index contributed by atoms with van der Waals surface area (Å²) in [6.07, 6.45) is 3.27. The predicted octanol–water partition coefficient (Wildman–Crippen LogP) is 4.20. The summed E-state index contributed by atoms with van der Waals surface area (Å²) in [5.41, 5.74) is 3.45. The van der Waals surface area contributed by atoms with Gasteiger partial charge in [0.1, 0.15) is 5.75 Å². The van der Waals surface area contributed by atoms with Gasteiger partial charge in [0.2, 0.25) is 0 Å². The number of allylic oxidation sites excluding steroid dienone is 1. The van der Waals surface area contributed by atoms with Crippen LogP contribution in [0.1, 0.15) is 27.0 Å². The fourth-order valence-electron chi connectivity index (χ4n) is 2.48. The van der Waals surface area contributed by atoms with Crippen molar-refractivity contribution in [2.75, 3.05) is 28.1 Å². The zero-order chi connectivity index (χ0) is 19.1. The molecule has 0 aromatic heterocycles. The van der Waals surface area contributed by atoms with Gasteiger partial charge in [0.05, 0.1) is 14.2 Å². The molecule has 0 spiro atoms. The van der Waals surface area contributed by atoms with Gasteiger partial charge in [-0.1, -0.05) is 12.1 Å². The highest BCUT2D eigenvalue weighted by Crippen LogP contribution is 2.29. The molecule has 5 nitrogen and oxygen atoms in total. The number of aryl methyl sites for hydroxylation is 1. The second-order valence-corrected chi connectivity index (χ2v) is 5.78. The minimum atomic E-state index is -0.0958. The molecule has 0 fully saturated rings. The zero-order valence-corrected chi connectivity index (χ0v) is 15.8. The molecular formula is C21H24O5. The van der Waals surface area contributed by atoms with E-state index in [1.807, 2.05) is 26.0 Å². The number of carbonyl (C=O) groups is 1. The number of methoxy groups -OCH3 is 3. The molecule has 0 aliphatic carbocycles. The van der Waals surface area contributed by atoms with Crippen molar-refractivity contribution < 1.29 is 23.7 Å². The van der Waals surface area contributed by atoms with Gasteiger partial charge in [-0.3, -0.25) is 4.79 Å². The van der Waals surface area contributed by atoms with Crippen molar-refractivity contribution in [2.45, 2.75) is 13.8 Å². The third kappa shape index (κ3) is 4.64. The van der Waals surface area contributed by atoms with E-state index < -0.39 is 0 Å². The number of hydrogen-bond donors (Lipinski definition) is 0. The molecule has 0 saturated heterocycles. The average Bonchev–Trinajstić information content (AvgIpc) is 2.66. The molecule has 138 valence electrons. The summed E-state index contributed by atoms with van der Waals surface area (Å²) in [6, 6.07) is 9.06. The SMILES string of the molecule is COCOc1cc(/C=C/C(=O)c2cc(C)c(C)c(OC)c2)ccc1OC. The van der Waals surface area contributed by atoms with Crippen LogP contribution in [-0.2, 0) is 4.74 Å². The van der Waals surface area contributed by atoms with Crippen LogP contribution >= 0.6 is 0 Å². The highest BCUT2D eigenvalue weighted by Gasteiger charge is 2.10. The number of ether oxygens (including phenoxy) is 4. The van der Waals surface area contributed by atoms with E-state index in [4.69, 9.17) is 18.9 Å². The maximum atomic E-state index is 12.5. The highest BCUT2D eigenvalue weighted by molar-refractivity contribution is 6.07. The van der Waals surface area contributed by atoms with E-state index in [1.165, 1.54) is 6.08 Å². The molecule has 5 heteroatoms. The van der Waals surface area contributed by atoms with E-state index in [0.29, 0.717) is 22.8 Å². The molecule has 0 aliphatic heterocycles. The molecule has 0 bridgehead atoms. The Hall–Kier alpha value is -2.79. The topological polar surface area (TPSA) is 54.0 Å². The van der Waals surface area contributed by atoms with Crippen molar-refractivity contribution in [1.29, 1.82) is 0 Å². The third-order valence-electron chi connectivity index (χ3n) is 4.07. The van der Waals surface area contributed by atoms with Gasteiger partial charge < -0.3 is 18.9 Å². The molecule has 0 radical (unpaired) electrons. The number of carbonyl (C=O) groups excluding carboxylic acids is 1. The molecule has 0 aliphatic rings. The molecule has 0 saturated carbocycles. The predicted molar refractivity (Wildman–Crippen MR) is 101 cm³/mol. The van der Waals surface area contributed by atoms with E-state index in [0.717, 1.165) is 16.7 Å². The van der Waals surface area contributed by atoms with Crippen LogP contribution in [0.5, 0.6) is 17.2 Å². The maximum absolute atomic E-state index is 12.5. The fraction of sp³-hybridized carbons (Fsp3) is 0.286. The molecule has 0 N–H and O–H groups in total. The molecule has 0 amide bonds. The van der Waals surface area contributed by atoms with E-state index in [2.05, 4.69) is 0 Å². The van der Waals surface area contributed by atoms with Crippen LogP contribution in [-0.4, -0.2) is 33.9 Å². The highest BCUT2D eigenvalue weighted by atomic mass is 16.7. The minimum absolute atomic E-state index is 0.0958. The molecule has 26 heavy (non-hydrogen) atoms. The van der Waals surface area contributed by atoms with Gasteiger partial charge >= 0.3 is 0 Å². The Balaban J connectivity index is 2.24. The molecule has 0 atom stereocenters. The van der Waals surface area contributed by atoms with Crippen molar-refractivity contribution in [3.63, 3.8) is 0 Å². The van der Waals surface area contributed by atoms with E-state index in [1.54, 1.807) is 45.6 Å². The maximum Gasteiger partial charge on any atom is 0.188 e. The Labute approximate surface area is 154 Å². The van der Waals surface area contributed by atoms with Crippen LogP contribution in [0.15, 0.2) is 36.4 Å². The largest absolute Gasteiger partial charge is 0.496 e. The van der Waals surface area contributed by atoms with E-state index >= 15 is 0 Å². The van der Waals surface area contributed by atoms with Gasteiger partial charge in [-0.2, -0.15) is 0 Å². The Morgan fingerprint density at radius 3 is 2.35 bits per heavy atom. The summed E-state index contributed by atoms with van der Waals surface area (Å²) in [4.78, 5) is 12.5. The van der Waals surface area contributed by atoms with Crippen molar-refractivity contribution in [3.8, 4) is 17.2 Å². The molecule has 2 aromatic rings. The van der Waals surface area contributed by atoms with Crippen LogP contribution in [0, 0.1) is 13.8 Å². The van der Waals surface area contributed by atoms with Gasteiger partial charge in [-0.15, -0.1) is 0 Å². The molecule has 2 aromatic carbocycles. The van der Waals surface area contributed by atoms with Crippen LogP contribution in [0.2, 0.25) is 0 Å². The first-order chi connectivity index (χ1) is 12.5. The number of rotatable bonds is 8. The standard InChI is InChI=1S/C21H24O5/c1-14-10-17(12-20(25-5)15(14)2)18(22)8-6-16-7-9-19(24-4)21(11-16)26-13-23-3/h6-12H,13H2,1-5H3/b8-6+. The molecule has 0 heterocycles. The molecule has 0 unspecified atom stereocenters. The van der Waals surface area contributed by atoms with Gasteiger partial charge in [0, 0.05) is 12.7 Å². The Bertz CT molecular complexity index is 808. The lowest BCUT2D eigenvalue weighted by Crippen LogP contribution is -2.01. The van der Waals surface area contributed by atoms with Crippen LogP contribution in [0.4, 0.5) is 0 Å². The first-order valence-corrected chi connectivity index (χ1v) is 8.17. The summed E-state index contributed by atoms with van der Waals surface area (Å²) >= 11 is 0. The first-order valence-electron chi connectivity index (χ1n) is 8.17. The third-order valence-corrected chi connectivity index (χ3v) is 4.07. The lowest BCUT2D eigenvalue weighted by Gasteiger charge is -2.10. The summed E-state index contributed by atoms with van der Waals surface area (Å²) in [5.74, 6) is 1.77. The number of ketones is 1. The second-order valence-electron chi connectivity index (χ2n) is 5.78. The first kappa shape index (κ1) is 19.5. The molecular weight excluding hydrogens is 332 g/mol. The van der Waals surface area contributed by atoms with Crippen LogP contribution in [0.25, 0.3) is 6.08 Å². The Morgan fingerprint density at radius 2 is 1.69 bits per heavy atom. The quantitative estimate of drug-likeness (QED) is 0.403. The zero-order valence-electron chi connectivity index (χ0n) is 15.8. The van der Waals surface area contributed by atoms with Crippen molar-refractivity contribution in [2.24, 2.45) is 0 Å².